The van der Waals surface area contributed by atoms with E-state index >= 15 is 0 Å². The number of ether oxygens (including phenoxy) is 1. The Bertz CT molecular complexity index is 524. The Labute approximate surface area is 131 Å². The number of hydrogen-bond donors (Lipinski definition) is 2. The van der Waals surface area contributed by atoms with E-state index in [1.54, 1.807) is 6.07 Å². The zero-order valence-corrected chi connectivity index (χ0v) is 14.1. The van der Waals surface area contributed by atoms with Gasteiger partial charge < -0.3 is 10.1 Å². The highest BCUT2D eigenvalue weighted by atomic mass is 32.2. The maximum absolute atomic E-state index is 12.1. The average molecular weight is 332 g/mol. The first-order chi connectivity index (χ1) is 10.1. The van der Waals surface area contributed by atoms with Crippen molar-refractivity contribution in [2.45, 2.75) is 49.4 Å². The Hall–Kier alpha value is -0.470. The van der Waals surface area contributed by atoms with Crippen molar-refractivity contribution < 1.29 is 13.2 Å². The van der Waals surface area contributed by atoms with Crippen molar-refractivity contribution in [2.75, 3.05) is 19.8 Å². The fourth-order valence-corrected chi connectivity index (χ4v) is 4.16. The Morgan fingerprint density at radius 1 is 1.38 bits per heavy atom. The summed E-state index contributed by atoms with van der Waals surface area (Å²) in [5.41, 5.74) is 1.04. The van der Waals surface area contributed by atoms with Gasteiger partial charge in [-0.2, -0.15) is 0 Å². The maximum Gasteiger partial charge on any atom is 0.250 e. The van der Waals surface area contributed by atoms with Crippen LogP contribution in [0.5, 0.6) is 0 Å². The van der Waals surface area contributed by atoms with Gasteiger partial charge in [-0.05, 0) is 42.7 Å². The van der Waals surface area contributed by atoms with Crippen LogP contribution in [0.15, 0.2) is 15.7 Å². The summed E-state index contributed by atoms with van der Waals surface area (Å²) in [4.78, 5) is 0. The third-order valence-electron chi connectivity index (χ3n) is 3.17. The van der Waals surface area contributed by atoms with Gasteiger partial charge in [0, 0.05) is 32.3 Å². The minimum atomic E-state index is -3.37. The highest BCUT2D eigenvalue weighted by Gasteiger charge is 2.21. The molecule has 1 aromatic heterocycles. The molecule has 5 nitrogen and oxygen atoms in total. The third kappa shape index (κ3) is 6.04. The van der Waals surface area contributed by atoms with Crippen LogP contribution in [0.1, 0.15) is 38.2 Å². The van der Waals surface area contributed by atoms with Crippen LogP contribution in [0, 0.1) is 0 Å². The van der Waals surface area contributed by atoms with Gasteiger partial charge in [0.25, 0.3) is 0 Å². The molecule has 0 unspecified atom stereocenters. The zero-order chi connectivity index (χ0) is 15.1. The minimum Gasteiger partial charge on any atom is -0.381 e. The fraction of sp³-hybridized carbons (Fsp3) is 0.714. The summed E-state index contributed by atoms with van der Waals surface area (Å²) >= 11 is 1.28. The minimum absolute atomic E-state index is 0.393. The molecule has 1 aromatic rings. The topological polar surface area (TPSA) is 67.4 Å². The van der Waals surface area contributed by atoms with Crippen LogP contribution < -0.4 is 10.0 Å². The van der Waals surface area contributed by atoms with Crippen LogP contribution in [-0.4, -0.2) is 34.2 Å². The monoisotopic (exact) mass is 332 g/mol. The zero-order valence-electron chi connectivity index (χ0n) is 12.4. The molecule has 21 heavy (non-hydrogen) atoms. The molecule has 1 heterocycles. The summed E-state index contributed by atoms with van der Waals surface area (Å²) in [5, 5.41) is 5.30. The van der Waals surface area contributed by atoms with Gasteiger partial charge in [-0.1, -0.05) is 6.92 Å². The summed E-state index contributed by atoms with van der Waals surface area (Å²) < 4.78 is 32.6. The summed E-state index contributed by atoms with van der Waals surface area (Å²) in [5.74, 6) is 0. The van der Waals surface area contributed by atoms with Gasteiger partial charge in [0.2, 0.25) is 10.0 Å². The maximum atomic E-state index is 12.1. The van der Waals surface area contributed by atoms with Crippen molar-refractivity contribution in [3.63, 3.8) is 0 Å². The SMILES string of the molecule is CCCOCCCNS(=O)(=O)c1cc(CNC2CC2)cs1. The first kappa shape index (κ1) is 16.9. The second kappa shape index (κ2) is 8.24. The van der Waals surface area contributed by atoms with Crippen LogP contribution in [0.25, 0.3) is 0 Å². The second-order valence-corrected chi connectivity index (χ2v) is 8.20. The predicted octanol–water partition coefficient (Wildman–Crippen LogP) is 2.10. The quantitative estimate of drug-likeness (QED) is 0.609. The van der Waals surface area contributed by atoms with Crippen molar-refractivity contribution in [2.24, 2.45) is 0 Å². The molecule has 7 heteroatoms. The molecule has 0 saturated heterocycles. The lowest BCUT2D eigenvalue weighted by Gasteiger charge is -2.05. The van der Waals surface area contributed by atoms with Gasteiger partial charge in [-0.15, -0.1) is 11.3 Å². The summed E-state index contributed by atoms with van der Waals surface area (Å²) in [6.07, 6.45) is 4.15. The molecule has 120 valence electrons. The molecule has 0 atom stereocenters. The first-order valence-corrected chi connectivity index (χ1v) is 9.86. The average Bonchev–Trinajstić information content (AvgIpc) is 3.16. The summed E-state index contributed by atoms with van der Waals surface area (Å²) in [7, 11) is -3.37. The lowest BCUT2D eigenvalue weighted by Crippen LogP contribution is -2.25. The Morgan fingerprint density at radius 3 is 2.90 bits per heavy atom. The van der Waals surface area contributed by atoms with Crippen LogP contribution in [0.3, 0.4) is 0 Å². The van der Waals surface area contributed by atoms with E-state index in [1.165, 1.54) is 24.2 Å². The van der Waals surface area contributed by atoms with E-state index in [-0.39, 0.29) is 0 Å². The van der Waals surface area contributed by atoms with E-state index < -0.39 is 10.0 Å². The molecule has 1 aliphatic rings. The molecular weight excluding hydrogens is 308 g/mol. The number of hydrogen-bond acceptors (Lipinski definition) is 5. The number of thiophene rings is 1. The van der Waals surface area contributed by atoms with E-state index in [4.69, 9.17) is 4.74 Å². The van der Waals surface area contributed by atoms with Gasteiger partial charge in [-0.3, -0.25) is 0 Å². The highest BCUT2D eigenvalue weighted by molar-refractivity contribution is 7.91. The van der Waals surface area contributed by atoms with Crippen LogP contribution in [0.4, 0.5) is 0 Å². The first-order valence-electron chi connectivity index (χ1n) is 7.50. The molecule has 0 spiro atoms. The van der Waals surface area contributed by atoms with Gasteiger partial charge in [0.15, 0.2) is 0 Å². The molecule has 2 rings (SSSR count). The van der Waals surface area contributed by atoms with Crippen molar-refractivity contribution in [1.82, 2.24) is 10.0 Å². The standard InChI is InChI=1S/C14H24N2O3S2/c1-2-7-19-8-3-6-16-21(17,18)14-9-12(11-20-14)10-15-13-4-5-13/h9,11,13,15-16H,2-8,10H2,1H3. The molecule has 0 radical (unpaired) electrons. The fourth-order valence-electron chi connectivity index (χ4n) is 1.83. The predicted molar refractivity (Wildman–Crippen MR) is 85.1 cm³/mol. The van der Waals surface area contributed by atoms with E-state index in [2.05, 4.69) is 17.0 Å². The highest BCUT2D eigenvalue weighted by Crippen LogP contribution is 2.22. The molecule has 2 N–H and O–H groups in total. The lowest BCUT2D eigenvalue weighted by molar-refractivity contribution is 0.133. The van der Waals surface area contributed by atoms with Crippen molar-refractivity contribution in [3.05, 3.63) is 17.0 Å². The molecule has 1 fully saturated rings. The number of sulfonamides is 1. The van der Waals surface area contributed by atoms with E-state index in [9.17, 15) is 8.42 Å². The molecule has 0 aliphatic heterocycles. The van der Waals surface area contributed by atoms with Crippen molar-refractivity contribution in [3.8, 4) is 0 Å². The molecule has 0 amide bonds. The van der Waals surface area contributed by atoms with Crippen LogP contribution in [0.2, 0.25) is 0 Å². The normalized spacial score (nSPS) is 15.5. The largest absolute Gasteiger partial charge is 0.381 e. The van der Waals surface area contributed by atoms with E-state index in [0.29, 0.717) is 29.8 Å². The molecular formula is C14H24N2O3S2. The van der Waals surface area contributed by atoms with Gasteiger partial charge in [0.05, 0.1) is 0 Å². The van der Waals surface area contributed by atoms with Crippen molar-refractivity contribution in [1.29, 1.82) is 0 Å². The summed E-state index contributed by atoms with van der Waals surface area (Å²) in [6.45, 7) is 4.54. The lowest BCUT2D eigenvalue weighted by atomic mass is 10.3. The van der Waals surface area contributed by atoms with Crippen LogP contribution in [-0.2, 0) is 21.3 Å². The van der Waals surface area contributed by atoms with Gasteiger partial charge in [0.1, 0.15) is 4.21 Å². The second-order valence-electron chi connectivity index (χ2n) is 5.29. The van der Waals surface area contributed by atoms with Crippen molar-refractivity contribution >= 4 is 21.4 Å². The van der Waals surface area contributed by atoms with Gasteiger partial charge >= 0.3 is 0 Å². The Balaban J connectivity index is 1.73. The molecule has 0 bridgehead atoms. The molecule has 1 aliphatic carbocycles. The smallest absolute Gasteiger partial charge is 0.250 e. The van der Waals surface area contributed by atoms with E-state index in [0.717, 1.165) is 25.1 Å². The molecule has 0 aromatic carbocycles. The Kier molecular flexibility index (Phi) is 6.63. The van der Waals surface area contributed by atoms with Gasteiger partial charge in [-0.25, -0.2) is 13.1 Å². The summed E-state index contributed by atoms with van der Waals surface area (Å²) in [6, 6.07) is 2.39. The van der Waals surface area contributed by atoms with E-state index in [1.807, 2.05) is 5.38 Å². The van der Waals surface area contributed by atoms with Crippen LogP contribution >= 0.6 is 11.3 Å². The Morgan fingerprint density at radius 2 is 2.19 bits per heavy atom. The molecule has 1 saturated carbocycles. The number of nitrogens with one attached hydrogen (secondary N) is 2. The number of rotatable bonds is 11. The third-order valence-corrected chi connectivity index (χ3v) is 6.12.